The molecule has 0 spiro atoms. The zero-order valence-electron chi connectivity index (χ0n) is 30.3. The summed E-state index contributed by atoms with van der Waals surface area (Å²) in [6.07, 6.45) is 6.47. The maximum absolute atomic E-state index is 13.1. The Kier molecular flexibility index (Phi) is 9.25. The van der Waals surface area contributed by atoms with E-state index in [4.69, 9.17) is 0 Å². The molecule has 4 fully saturated rings. The summed E-state index contributed by atoms with van der Waals surface area (Å²) in [6, 6.07) is 16.6. The minimum Gasteiger partial charge on any atom is -0.507 e. The number of hydrogen-bond acceptors (Lipinski definition) is 11. The van der Waals surface area contributed by atoms with Crippen LogP contribution in [0.3, 0.4) is 0 Å². The number of piperidine rings is 3. The van der Waals surface area contributed by atoms with Gasteiger partial charge in [-0.3, -0.25) is 24.6 Å². The molecule has 6 aliphatic heterocycles. The summed E-state index contributed by atoms with van der Waals surface area (Å²) < 4.78 is 0. The smallest absolute Gasteiger partial charge is 0.255 e. The fourth-order valence-corrected chi connectivity index (χ4v) is 9.66. The van der Waals surface area contributed by atoms with E-state index >= 15 is 0 Å². The number of phenolic OH excluding ortho intramolecular Hbond substituents is 1. The SMILES string of the molecule is O=C1CCC(N2Cc3cc(CCN4CCC(N5CCC(N6CCN7c8cc(-c9ccccc9O)nnc8NC[C@H]7C6)CC5)CC4)ccc3C2=O)C(=O)N1. The maximum Gasteiger partial charge on any atom is 0.255 e. The van der Waals surface area contributed by atoms with E-state index in [1.54, 1.807) is 11.0 Å². The molecular formula is C40H49N9O4. The van der Waals surface area contributed by atoms with Crippen molar-refractivity contribution >= 4 is 29.2 Å². The average Bonchev–Trinajstić information content (AvgIpc) is 3.51. The van der Waals surface area contributed by atoms with E-state index in [1.165, 1.54) is 44.3 Å². The first-order chi connectivity index (χ1) is 25.9. The van der Waals surface area contributed by atoms with Crippen LogP contribution in [0.25, 0.3) is 11.3 Å². The second-order valence-corrected chi connectivity index (χ2v) is 15.7. The van der Waals surface area contributed by atoms with Crippen molar-refractivity contribution < 1.29 is 19.5 Å². The number of hydrogen-bond donors (Lipinski definition) is 3. The number of aromatic nitrogens is 2. The fraction of sp³-hybridized carbons (Fsp3) is 0.525. The number of para-hydroxylation sites is 1. The number of fused-ring (bicyclic) bond motifs is 4. The zero-order chi connectivity index (χ0) is 36.1. The summed E-state index contributed by atoms with van der Waals surface area (Å²) in [5.74, 6) is 0.309. The van der Waals surface area contributed by atoms with Crippen LogP contribution in [-0.4, -0.2) is 136 Å². The molecule has 2 atom stereocenters. The third kappa shape index (κ3) is 6.74. The third-order valence-electron chi connectivity index (χ3n) is 12.7. The first-order valence-corrected chi connectivity index (χ1v) is 19.5. The maximum atomic E-state index is 13.1. The van der Waals surface area contributed by atoms with Gasteiger partial charge < -0.3 is 30.0 Å². The standard InChI is InChI=1S/C40H49N9O4/c50-36-4-2-1-3-32(36)33-22-35-38(44-43-33)41-23-30-25-47(19-20-48(30)35)29-12-17-46(18-13-29)28-10-15-45(16-11-28)14-9-26-5-6-31-27(21-26)24-49(40(31)53)34-7-8-37(51)42-39(34)52/h1-6,21-22,28-30,34,50H,7-20,23-25H2,(H,41,44)(H,42,51,52)/t30-,34?/m0/s1. The fourth-order valence-electron chi connectivity index (χ4n) is 9.66. The van der Waals surface area contributed by atoms with Crippen LogP contribution in [0.2, 0.25) is 0 Å². The van der Waals surface area contributed by atoms with Gasteiger partial charge in [0.2, 0.25) is 11.8 Å². The normalized spacial score (nSPS) is 24.8. The van der Waals surface area contributed by atoms with Gasteiger partial charge in [0.05, 0.1) is 17.4 Å². The first kappa shape index (κ1) is 34.2. The number of aromatic hydroxyl groups is 1. The van der Waals surface area contributed by atoms with E-state index in [9.17, 15) is 19.5 Å². The van der Waals surface area contributed by atoms with Crippen molar-refractivity contribution in [2.24, 2.45) is 0 Å². The van der Waals surface area contributed by atoms with Crippen LogP contribution in [-0.2, 0) is 22.6 Å². The summed E-state index contributed by atoms with van der Waals surface area (Å²) in [7, 11) is 0. The molecule has 0 saturated carbocycles. The lowest BCUT2D eigenvalue weighted by Gasteiger charge is -2.50. The molecule has 0 aliphatic carbocycles. The number of carbonyl (C=O) groups is 3. The zero-order valence-corrected chi connectivity index (χ0v) is 30.3. The number of carbonyl (C=O) groups excluding carboxylic acids is 3. The lowest BCUT2D eigenvalue weighted by molar-refractivity contribution is -0.136. The molecule has 278 valence electrons. The van der Waals surface area contributed by atoms with Gasteiger partial charge in [-0.15, -0.1) is 10.2 Å². The van der Waals surface area contributed by atoms with Crippen molar-refractivity contribution in [3.63, 3.8) is 0 Å². The van der Waals surface area contributed by atoms with Crippen molar-refractivity contribution in [3.8, 4) is 17.0 Å². The van der Waals surface area contributed by atoms with E-state index in [-0.39, 0.29) is 29.9 Å². The average molecular weight is 720 g/mol. The van der Waals surface area contributed by atoms with Gasteiger partial charge in [-0.25, -0.2) is 0 Å². The van der Waals surface area contributed by atoms with Gasteiger partial charge in [0.15, 0.2) is 5.82 Å². The number of nitrogens with zero attached hydrogens (tertiary/aromatic N) is 7. The van der Waals surface area contributed by atoms with E-state index in [0.717, 1.165) is 69.3 Å². The van der Waals surface area contributed by atoms with Crippen LogP contribution in [0, 0.1) is 0 Å². The summed E-state index contributed by atoms with van der Waals surface area (Å²) in [4.78, 5) is 49.3. The highest BCUT2D eigenvalue weighted by atomic mass is 16.3. The quantitative estimate of drug-likeness (QED) is 0.311. The molecule has 1 unspecified atom stereocenters. The number of piperazine rings is 1. The number of rotatable bonds is 7. The van der Waals surface area contributed by atoms with Gasteiger partial charge in [-0.1, -0.05) is 24.3 Å². The van der Waals surface area contributed by atoms with Gasteiger partial charge in [0, 0.05) is 68.9 Å². The van der Waals surface area contributed by atoms with E-state index in [1.807, 2.05) is 24.3 Å². The third-order valence-corrected chi connectivity index (χ3v) is 12.7. The van der Waals surface area contributed by atoms with E-state index in [2.05, 4.69) is 58.6 Å². The number of imide groups is 1. The van der Waals surface area contributed by atoms with Crippen LogP contribution in [0.15, 0.2) is 48.5 Å². The summed E-state index contributed by atoms with van der Waals surface area (Å²) in [6.45, 7) is 9.93. The second kappa shape index (κ2) is 14.3. The summed E-state index contributed by atoms with van der Waals surface area (Å²) in [5.41, 5.74) is 5.37. The second-order valence-electron chi connectivity index (χ2n) is 15.7. The van der Waals surface area contributed by atoms with Crippen LogP contribution in [0.1, 0.15) is 60.0 Å². The molecule has 3 N–H and O–H groups in total. The van der Waals surface area contributed by atoms with Crippen LogP contribution < -0.4 is 15.5 Å². The van der Waals surface area contributed by atoms with Gasteiger partial charge in [-0.05, 0) is 100 Å². The van der Waals surface area contributed by atoms with Crippen LogP contribution >= 0.6 is 0 Å². The van der Waals surface area contributed by atoms with Gasteiger partial charge in [0.25, 0.3) is 5.91 Å². The van der Waals surface area contributed by atoms with E-state index in [0.29, 0.717) is 47.9 Å². The molecule has 7 heterocycles. The van der Waals surface area contributed by atoms with Gasteiger partial charge in [0.1, 0.15) is 11.8 Å². The number of phenols is 1. The Balaban J connectivity index is 0.725. The minimum atomic E-state index is -0.574. The first-order valence-electron chi connectivity index (χ1n) is 19.5. The van der Waals surface area contributed by atoms with Crippen LogP contribution in [0.5, 0.6) is 5.75 Å². The Morgan fingerprint density at radius 1 is 0.774 bits per heavy atom. The number of anilines is 2. The monoisotopic (exact) mass is 719 g/mol. The molecule has 0 bridgehead atoms. The molecule has 9 rings (SSSR count). The molecule has 13 heteroatoms. The lowest BCUT2D eigenvalue weighted by atomic mass is 9.95. The highest BCUT2D eigenvalue weighted by Gasteiger charge is 2.40. The Bertz CT molecular complexity index is 1890. The predicted molar refractivity (Wildman–Crippen MR) is 201 cm³/mol. The Hall–Kier alpha value is -4.59. The molecule has 2 aromatic carbocycles. The van der Waals surface area contributed by atoms with Gasteiger partial charge >= 0.3 is 0 Å². The highest BCUT2D eigenvalue weighted by molar-refractivity contribution is 6.05. The molecular weight excluding hydrogens is 670 g/mol. The molecule has 4 saturated heterocycles. The number of amides is 3. The summed E-state index contributed by atoms with van der Waals surface area (Å²) >= 11 is 0. The molecule has 6 aliphatic rings. The molecule has 0 radical (unpaired) electrons. The Labute approximate surface area is 310 Å². The molecule has 3 aromatic rings. The topological polar surface area (TPSA) is 137 Å². The Morgan fingerprint density at radius 2 is 1.57 bits per heavy atom. The number of likely N-dealkylation sites (tertiary alicyclic amines) is 2. The number of benzene rings is 2. The summed E-state index contributed by atoms with van der Waals surface area (Å²) in [5, 5.41) is 25.2. The molecule has 3 amide bonds. The highest BCUT2D eigenvalue weighted by Crippen LogP contribution is 2.37. The van der Waals surface area contributed by atoms with E-state index < -0.39 is 6.04 Å². The minimum absolute atomic E-state index is 0.112. The predicted octanol–water partition coefficient (Wildman–Crippen LogP) is 2.70. The van der Waals surface area contributed by atoms with Crippen LogP contribution in [0.4, 0.5) is 11.5 Å². The Morgan fingerprint density at radius 3 is 2.38 bits per heavy atom. The lowest BCUT2D eigenvalue weighted by Crippen LogP contribution is -2.61. The van der Waals surface area contributed by atoms with Crippen molar-refractivity contribution in [1.82, 2.24) is 35.1 Å². The van der Waals surface area contributed by atoms with Crippen molar-refractivity contribution in [2.45, 2.75) is 75.7 Å². The molecule has 53 heavy (non-hydrogen) atoms. The molecule has 13 nitrogen and oxygen atoms in total. The van der Waals surface area contributed by atoms with Crippen molar-refractivity contribution in [1.29, 1.82) is 0 Å². The number of nitrogens with one attached hydrogen (secondary N) is 2. The largest absolute Gasteiger partial charge is 0.507 e. The van der Waals surface area contributed by atoms with Crippen molar-refractivity contribution in [2.75, 3.05) is 69.1 Å². The molecule has 1 aromatic heterocycles. The van der Waals surface area contributed by atoms with Crippen molar-refractivity contribution in [3.05, 3.63) is 65.2 Å². The van der Waals surface area contributed by atoms with Gasteiger partial charge in [-0.2, -0.15) is 0 Å².